The highest BCUT2D eigenvalue weighted by atomic mass is 16.1. The van der Waals surface area contributed by atoms with E-state index in [-0.39, 0.29) is 5.56 Å². The van der Waals surface area contributed by atoms with Gasteiger partial charge in [-0.15, -0.1) is 0 Å². The summed E-state index contributed by atoms with van der Waals surface area (Å²) >= 11 is 0. The lowest BCUT2D eigenvalue weighted by atomic mass is 9.94. The lowest BCUT2D eigenvalue weighted by Crippen LogP contribution is -2.12. The van der Waals surface area contributed by atoms with E-state index >= 15 is 0 Å². The fourth-order valence-electron chi connectivity index (χ4n) is 2.47. The largest absolute Gasteiger partial charge is 0.321 e. The predicted octanol–water partition coefficient (Wildman–Crippen LogP) is 3.49. The number of hydrogen-bond donors (Lipinski definition) is 1. The number of fused-ring (bicyclic) bond motifs is 1. The molecule has 0 saturated heterocycles. The average Bonchev–Trinajstić information content (AvgIpc) is 2.39. The molecule has 3 rings (SSSR count). The fourth-order valence-corrected chi connectivity index (χ4v) is 2.47. The quantitative estimate of drug-likeness (QED) is 0.791. The summed E-state index contributed by atoms with van der Waals surface area (Å²) in [4.78, 5) is 15.0. The van der Waals surface area contributed by atoms with Crippen LogP contribution in [0.5, 0.6) is 0 Å². The van der Waals surface area contributed by atoms with E-state index in [1.165, 1.54) is 18.4 Å². The topological polar surface area (TPSA) is 32.9 Å². The van der Waals surface area contributed by atoms with Crippen LogP contribution < -0.4 is 5.56 Å². The van der Waals surface area contributed by atoms with E-state index in [4.69, 9.17) is 0 Å². The number of aromatic amines is 1. The van der Waals surface area contributed by atoms with Gasteiger partial charge < -0.3 is 4.98 Å². The molecule has 0 aliphatic heterocycles. The summed E-state index contributed by atoms with van der Waals surface area (Å²) in [6.07, 6.45) is 6.78. The first-order valence-corrected chi connectivity index (χ1v) is 6.16. The highest BCUT2D eigenvalue weighted by Crippen LogP contribution is 2.25. The Morgan fingerprint density at radius 2 is 2.00 bits per heavy atom. The molecule has 1 aromatic carbocycles. The second-order valence-electron chi connectivity index (χ2n) is 4.57. The molecule has 17 heavy (non-hydrogen) atoms. The first-order valence-electron chi connectivity index (χ1n) is 6.16. The van der Waals surface area contributed by atoms with Crippen molar-refractivity contribution in [2.75, 3.05) is 0 Å². The Kier molecular flexibility index (Phi) is 2.56. The van der Waals surface area contributed by atoms with Gasteiger partial charge in [-0.2, -0.15) is 0 Å². The van der Waals surface area contributed by atoms with E-state index in [1.807, 2.05) is 30.3 Å². The monoisotopic (exact) mass is 225 g/mol. The maximum atomic E-state index is 12.0. The molecule has 0 atom stereocenters. The van der Waals surface area contributed by atoms with Crippen LogP contribution in [0.15, 0.2) is 41.2 Å². The maximum absolute atomic E-state index is 12.0. The SMILES string of the molecule is O=c1[nH]c2ccccc2cc1C1=CCCCC1. The fraction of sp³-hybridized carbons (Fsp3) is 0.267. The minimum atomic E-state index is 0.0388. The zero-order valence-electron chi connectivity index (χ0n) is 9.70. The molecule has 1 aliphatic carbocycles. The van der Waals surface area contributed by atoms with E-state index in [0.717, 1.165) is 29.3 Å². The molecule has 1 aromatic heterocycles. The number of H-pyrrole nitrogens is 1. The summed E-state index contributed by atoms with van der Waals surface area (Å²) in [6, 6.07) is 9.94. The molecular formula is C15H15NO. The van der Waals surface area contributed by atoms with Crippen LogP contribution in [0.4, 0.5) is 0 Å². The highest BCUT2D eigenvalue weighted by molar-refractivity contribution is 5.82. The molecule has 0 amide bonds. The van der Waals surface area contributed by atoms with Crippen molar-refractivity contribution in [3.8, 4) is 0 Å². The van der Waals surface area contributed by atoms with Gasteiger partial charge in [0, 0.05) is 11.1 Å². The first-order chi connectivity index (χ1) is 8.34. The number of pyridine rings is 1. The first kappa shape index (κ1) is 10.3. The third-order valence-corrected chi connectivity index (χ3v) is 3.39. The van der Waals surface area contributed by atoms with Gasteiger partial charge in [-0.25, -0.2) is 0 Å². The van der Waals surface area contributed by atoms with E-state index in [2.05, 4.69) is 11.1 Å². The van der Waals surface area contributed by atoms with Crippen LogP contribution in [0.25, 0.3) is 16.5 Å². The smallest absolute Gasteiger partial charge is 0.255 e. The third kappa shape index (κ3) is 1.91. The van der Waals surface area contributed by atoms with Gasteiger partial charge in [0.05, 0.1) is 0 Å². The van der Waals surface area contributed by atoms with E-state index in [0.29, 0.717) is 0 Å². The minimum absolute atomic E-state index is 0.0388. The van der Waals surface area contributed by atoms with Crippen LogP contribution in [-0.4, -0.2) is 4.98 Å². The van der Waals surface area contributed by atoms with Crippen LogP contribution in [0.1, 0.15) is 31.2 Å². The Morgan fingerprint density at radius 1 is 1.12 bits per heavy atom. The van der Waals surface area contributed by atoms with Gasteiger partial charge in [-0.1, -0.05) is 24.3 Å². The third-order valence-electron chi connectivity index (χ3n) is 3.39. The van der Waals surface area contributed by atoms with Gasteiger partial charge in [0.1, 0.15) is 0 Å². The van der Waals surface area contributed by atoms with Crippen LogP contribution in [0, 0.1) is 0 Å². The van der Waals surface area contributed by atoms with E-state index in [1.54, 1.807) is 0 Å². The predicted molar refractivity (Wildman–Crippen MR) is 71.0 cm³/mol. The number of aromatic nitrogens is 1. The Hall–Kier alpha value is -1.83. The maximum Gasteiger partial charge on any atom is 0.255 e. The molecule has 0 radical (unpaired) electrons. The molecule has 1 heterocycles. The molecule has 2 nitrogen and oxygen atoms in total. The normalized spacial score (nSPS) is 15.9. The molecular weight excluding hydrogens is 210 g/mol. The van der Waals surface area contributed by atoms with Gasteiger partial charge in [0.15, 0.2) is 0 Å². The van der Waals surface area contributed by atoms with Crippen molar-refractivity contribution >= 4 is 16.5 Å². The summed E-state index contributed by atoms with van der Waals surface area (Å²) in [5.41, 5.74) is 3.01. The molecule has 1 aliphatic rings. The van der Waals surface area contributed by atoms with Crippen LogP contribution >= 0.6 is 0 Å². The molecule has 0 saturated carbocycles. The molecule has 2 aromatic rings. The van der Waals surface area contributed by atoms with Crippen LogP contribution in [0.3, 0.4) is 0 Å². The Labute approximate surface area is 100.0 Å². The van der Waals surface area contributed by atoms with Gasteiger partial charge >= 0.3 is 0 Å². The van der Waals surface area contributed by atoms with E-state index in [9.17, 15) is 4.79 Å². The average molecular weight is 225 g/mol. The molecule has 1 N–H and O–H groups in total. The minimum Gasteiger partial charge on any atom is -0.321 e. The van der Waals surface area contributed by atoms with Crippen molar-refractivity contribution < 1.29 is 0 Å². The number of rotatable bonds is 1. The van der Waals surface area contributed by atoms with E-state index < -0.39 is 0 Å². The molecule has 2 heteroatoms. The van der Waals surface area contributed by atoms with Crippen molar-refractivity contribution in [3.05, 3.63) is 52.3 Å². The molecule has 0 spiro atoms. The van der Waals surface area contributed by atoms with Gasteiger partial charge in [-0.05, 0) is 48.8 Å². The summed E-state index contributed by atoms with van der Waals surface area (Å²) < 4.78 is 0. The number of para-hydroxylation sites is 1. The standard InChI is InChI=1S/C15H15NO/c17-15-13(11-6-2-1-3-7-11)10-12-8-4-5-9-14(12)16-15/h4-6,8-10H,1-3,7H2,(H,16,17). The Morgan fingerprint density at radius 3 is 2.82 bits per heavy atom. The number of allylic oxidation sites excluding steroid dienone is 2. The van der Waals surface area contributed by atoms with Gasteiger partial charge in [0.2, 0.25) is 0 Å². The second-order valence-corrected chi connectivity index (χ2v) is 4.57. The number of hydrogen-bond acceptors (Lipinski definition) is 1. The van der Waals surface area contributed by atoms with Gasteiger partial charge in [0.25, 0.3) is 5.56 Å². The molecule has 0 unspecified atom stereocenters. The molecule has 0 bridgehead atoms. The lowest BCUT2D eigenvalue weighted by Gasteiger charge is -2.12. The van der Waals surface area contributed by atoms with Crippen LogP contribution in [0.2, 0.25) is 0 Å². The Balaban J connectivity index is 2.19. The van der Waals surface area contributed by atoms with Crippen molar-refractivity contribution in [2.24, 2.45) is 0 Å². The molecule has 86 valence electrons. The van der Waals surface area contributed by atoms with Crippen LogP contribution in [-0.2, 0) is 0 Å². The summed E-state index contributed by atoms with van der Waals surface area (Å²) in [6.45, 7) is 0. The Bertz CT molecular complexity index is 637. The second kappa shape index (κ2) is 4.21. The number of nitrogens with one attached hydrogen (secondary N) is 1. The van der Waals surface area contributed by atoms with Crippen molar-refractivity contribution in [3.63, 3.8) is 0 Å². The summed E-state index contributed by atoms with van der Waals surface area (Å²) in [5.74, 6) is 0. The summed E-state index contributed by atoms with van der Waals surface area (Å²) in [5, 5.41) is 1.11. The lowest BCUT2D eigenvalue weighted by molar-refractivity contribution is 0.741. The zero-order chi connectivity index (χ0) is 11.7. The summed E-state index contributed by atoms with van der Waals surface area (Å²) in [7, 11) is 0. The molecule has 0 fully saturated rings. The van der Waals surface area contributed by atoms with Crippen molar-refractivity contribution in [2.45, 2.75) is 25.7 Å². The zero-order valence-corrected chi connectivity index (χ0v) is 9.70. The number of benzene rings is 1. The van der Waals surface area contributed by atoms with Crippen molar-refractivity contribution in [1.29, 1.82) is 0 Å². The van der Waals surface area contributed by atoms with Gasteiger partial charge in [-0.3, -0.25) is 4.79 Å². The van der Waals surface area contributed by atoms with Crippen molar-refractivity contribution in [1.82, 2.24) is 4.98 Å². The highest BCUT2D eigenvalue weighted by Gasteiger charge is 2.10.